The molecule has 4 nitrogen and oxygen atoms in total. The van der Waals surface area contributed by atoms with Gasteiger partial charge in [0, 0.05) is 17.0 Å². The predicted octanol–water partition coefficient (Wildman–Crippen LogP) is 4.62. The van der Waals surface area contributed by atoms with Gasteiger partial charge in [0.2, 0.25) is 5.78 Å². The SMILES string of the molecule is Cc1ccsc1C=C1Oc2cc(OC(=O)C(C)(C)C)ccc2C1=O. The Morgan fingerprint density at radius 2 is 2.00 bits per heavy atom. The second-order valence-corrected chi connectivity index (χ2v) is 7.65. The summed E-state index contributed by atoms with van der Waals surface area (Å²) in [6.07, 6.45) is 1.75. The van der Waals surface area contributed by atoms with Crippen LogP contribution < -0.4 is 9.47 Å². The number of Topliss-reactive ketones (excluding diaryl/α,β-unsaturated/α-hetero) is 1. The van der Waals surface area contributed by atoms with Crippen LogP contribution in [0.15, 0.2) is 35.4 Å². The van der Waals surface area contributed by atoms with Crippen LogP contribution >= 0.6 is 11.3 Å². The van der Waals surface area contributed by atoms with E-state index in [1.807, 2.05) is 18.4 Å². The van der Waals surface area contributed by atoms with Crippen LogP contribution in [0.25, 0.3) is 6.08 Å². The molecule has 0 unspecified atom stereocenters. The number of allylic oxidation sites excluding steroid dienone is 1. The first-order chi connectivity index (χ1) is 11.3. The number of benzene rings is 1. The molecule has 24 heavy (non-hydrogen) atoms. The van der Waals surface area contributed by atoms with Gasteiger partial charge in [-0.15, -0.1) is 11.3 Å². The van der Waals surface area contributed by atoms with E-state index in [-0.39, 0.29) is 17.5 Å². The lowest BCUT2D eigenvalue weighted by Gasteiger charge is -2.16. The maximum atomic E-state index is 12.4. The minimum absolute atomic E-state index is 0.161. The normalized spacial score (nSPS) is 15.3. The molecule has 0 fully saturated rings. The Bertz CT molecular complexity index is 852. The van der Waals surface area contributed by atoms with Crippen molar-refractivity contribution in [1.29, 1.82) is 0 Å². The van der Waals surface area contributed by atoms with E-state index in [0.717, 1.165) is 10.4 Å². The smallest absolute Gasteiger partial charge is 0.316 e. The number of carbonyl (C=O) groups excluding carboxylic acids is 2. The highest BCUT2D eigenvalue weighted by Crippen LogP contribution is 2.36. The van der Waals surface area contributed by atoms with Gasteiger partial charge < -0.3 is 9.47 Å². The highest BCUT2D eigenvalue weighted by atomic mass is 32.1. The first-order valence-electron chi connectivity index (χ1n) is 7.60. The number of carbonyl (C=O) groups is 2. The third kappa shape index (κ3) is 3.12. The molecule has 124 valence electrons. The summed E-state index contributed by atoms with van der Waals surface area (Å²) in [5, 5.41) is 1.97. The van der Waals surface area contributed by atoms with Crippen LogP contribution in [0.2, 0.25) is 0 Å². The Kier molecular flexibility index (Phi) is 4.05. The van der Waals surface area contributed by atoms with Crippen LogP contribution in [0.4, 0.5) is 0 Å². The third-order valence-corrected chi connectivity index (χ3v) is 4.59. The van der Waals surface area contributed by atoms with Crippen LogP contribution in [0, 0.1) is 12.3 Å². The molecule has 5 heteroatoms. The molecule has 1 aliphatic rings. The molecule has 2 aromatic rings. The maximum absolute atomic E-state index is 12.4. The van der Waals surface area contributed by atoms with Crippen molar-refractivity contribution in [1.82, 2.24) is 0 Å². The van der Waals surface area contributed by atoms with Crippen LogP contribution in [-0.2, 0) is 4.79 Å². The molecule has 3 rings (SSSR count). The van der Waals surface area contributed by atoms with E-state index < -0.39 is 5.41 Å². The first-order valence-corrected chi connectivity index (χ1v) is 8.48. The second kappa shape index (κ2) is 5.91. The summed E-state index contributed by atoms with van der Waals surface area (Å²) in [7, 11) is 0. The summed E-state index contributed by atoms with van der Waals surface area (Å²) < 4.78 is 11.0. The molecule has 0 radical (unpaired) electrons. The fourth-order valence-electron chi connectivity index (χ4n) is 2.14. The molecular formula is C19H18O4S. The molecule has 0 amide bonds. The monoisotopic (exact) mass is 342 g/mol. The van der Waals surface area contributed by atoms with E-state index in [1.54, 1.807) is 56.4 Å². The zero-order valence-corrected chi connectivity index (χ0v) is 14.8. The third-order valence-electron chi connectivity index (χ3n) is 3.63. The number of hydrogen-bond acceptors (Lipinski definition) is 5. The molecule has 0 bridgehead atoms. The number of thiophene rings is 1. The summed E-state index contributed by atoms with van der Waals surface area (Å²) in [5.41, 5.74) is 0.975. The van der Waals surface area contributed by atoms with Crippen LogP contribution in [-0.4, -0.2) is 11.8 Å². The summed E-state index contributed by atoms with van der Waals surface area (Å²) in [4.78, 5) is 25.4. The quantitative estimate of drug-likeness (QED) is 0.454. The second-order valence-electron chi connectivity index (χ2n) is 6.71. The van der Waals surface area contributed by atoms with Gasteiger partial charge in [0.25, 0.3) is 0 Å². The molecule has 2 heterocycles. The highest BCUT2D eigenvalue weighted by molar-refractivity contribution is 7.11. The van der Waals surface area contributed by atoms with Crippen molar-refractivity contribution in [2.24, 2.45) is 5.41 Å². The molecule has 0 saturated heterocycles. The molecule has 1 aliphatic heterocycles. The standard InChI is InChI=1S/C19H18O4S/c1-11-7-8-24-16(11)10-15-17(20)13-6-5-12(9-14(13)23-15)22-18(21)19(2,3)4/h5-10H,1-4H3. The number of ether oxygens (including phenoxy) is 2. The Labute approximate surface area is 144 Å². The van der Waals surface area contributed by atoms with Crippen molar-refractivity contribution >= 4 is 29.2 Å². The van der Waals surface area contributed by atoms with Gasteiger partial charge in [-0.2, -0.15) is 0 Å². The maximum Gasteiger partial charge on any atom is 0.316 e. The van der Waals surface area contributed by atoms with Crippen molar-refractivity contribution in [3.05, 3.63) is 51.4 Å². The topological polar surface area (TPSA) is 52.6 Å². The van der Waals surface area contributed by atoms with Gasteiger partial charge in [0.05, 0.1) is 11.0 Å². The number of rotatable bonds is 2. The number of fused-ring (bicyclic) bond motifs is 1. The van der Waals surface area contributed by atoms with E-state index in [1.165, 1.54) is 0 Å². The summed E-state index contributed by atoms with van der Waals surface area (Å²) in [6, 6.07) is 6.82. The van der Waals surface area contributed by atoms with E-state index in [9.17, 15) is 9.59 Å². The Morgan fingerprint density at radius 3 is 2.62 bits per heavy atom. The van der Waals surface area contributed by atoms with Gasteiger partial charge in [-0.25, -0.2) is 0 Å². The average molecular weight is 342 g/mol. The zero-order chi connectivity index (χ0) is 17.5. The molecule has 0 atom stereocenters. The van der Waals surface area contributed by atoms with Gasteiger partial charge >= 0.3 is 5.97 Å². The molecule has 1 aromatic heterocycles. The number of hydrogen-bond donors (Lipinski definition) is 0. The number of aryl methyl sites for hydroxylation is 1. The molecule has 1 aromatic carbocycles. The van der Waals surface area contributed by atoms with Crippen LogP contribution in [0.1, 0.15) is 41.6 Å². The van der Waals surface area contributed by atoms with Gasteiger partial charge in [-0.1, -0.05) is 0 Å². The lowest BCUT2D eigenvalue weighted by molar-refractivity contribution is -0.142. The molecular weight excluding hydrogens is 324 g/mol. The van der Waals surface area contributed by atoms with E-state index in [0.29, 0.717) is 17.1 Å². The largest absolute Gasteiger partial charge is 0.452 e. The van der Waals surface area contributed by atoms with Crippen molar-refractivity contribution in [3.8, 4) is 11.5 Å². The minimum atomic E-state index is -0.600. The van der Waals surface area contributed by atoms with Crippen molar-refractivity contribution in [2.75, 3.05) is 0 Å². The minimum Gasteiger partial charge on any atom is -0.452 e. The summed E-state index contributed by atoms with van der Waals surface area (Å²) in [6.45, 7) is 7.34. The number of ketones is 1. The van der Waals surface area contributed by atoms with Crippen molar-refractivity contribution < 1.29 is 19.1 Å². The van der Waals surface area contributed by atoms with Gasteiger partial charge in [0.1, 0.15) is 11.5 Å². The van der Waals surface area contributed by atoms with Crippen LogP contribution in [0.3, 0.4) is 0 Å². The van der Waals surface area contributed by atoms with Gasteiger partial charge in [0.15, 0.2) is 5.76 Å². The molecule has 0 spiro atoms. The predicted molar refractivity (Wildman–Crippen MR) is 93.5 cm³/mol. The van der Waals surface area contributed by atoms with Gasteiger partial charge in [-0.05, 0) is 56.8 Å². The van der Waals surface area contributed by atoms with Crippen molar-refractivity contribution in [2.45, 2.75) is 27.7 Å². The molecule has 0 saturated carbocycles. The van der Waals surface area contributed by atoms with E-state index in [2.05, 4.69) is 0 Å². The first kappa shape index (κ1) is 16.5. The fraction of sp³-hybridized carbons (Fsp3) is 0.263. The zero-order valence-electron chi connectivity index (χ0n) is 14.0. The van der Waals surface area contributed by atoms with Gasteiger partial charge in [-0.3, -0.25) is 9.59 Å². The Morgan fingerprint density at radius 1 is 1.25 bits per heavy atom. The molecule has 0 aliphatic carbocycles. The average Bonchev–Trinajstić information content (AvgIpc) is 3.03. The Hall–Kier alpha value is -2.40. The Balaban J connectivity index is 1.86. The van der Waals surface area contributed by atoms with Crippen molar-refractivity contribution in [3.63, 3.8) is 0 Å². The lowest BCUT2D eigenvalue weighted by atomic mass is 9.97. The van der Waals surface area contributed by atoms with Crippen LogP contribution in [0.5, 0.6) is 11.5 Å². The molecule has 0 N–H and O–H groups in total. The highest BCUT2D eigenvalue weighted by Gasteiger charge is 2.29. The van der Waals surface area contributed by atoms with E-state index in [4.69, 9.17) is 9.47 Å². The fourth-order valence-corrected chi connectivity index (χ4v) is 2.99. The summed E-state index contributed by atoms with van der Waals surface area (Å²) in [5.74, 6) is 0.577. The summed E-state index contributed by atoms with van der Waals surface area (Å²) >= 11 is 1.55. The number of esters is 1. The van der Waals surface area contributed by atoms with E-state index >= 15 is 0 Å². The lowest BCUT2D eigenvalue weighted by Crippen LogP contribution is -2.25.